The third-order valence-electron chi connectivity index (χ3n) is 2.12. The molecule has 0 aromatic rings. The van der Waals surface area contributed by atoms with Crippen LogP contribution < -0.4 is 0 Å². The fraction of sp³-hybridized carbons (Fsp3) is 0.889. The van der Waals surface area contributed by atoms with Gasteiger partial charge in [-0.25, -0.2) is 8.78 Å². The van der Waals surface area contributed by atoms with Crippen molar-refractivity contribution in [2.24, 2.45) is 0 Å². The van der Waals surface area contributed by atoms with Gasteiger partial charge in [0.25, 0.3) is 12.3 Å². The predicted octanol–water partition coefficient (Wildman–Crippen LogP) is 0.890. The summed E-state index contributed by atoms with van der Waals surface area (Å²) in [4.78, 5) is 12.9. The van der Waals surface area contributed by atoms with Crippen LogP contribution in [0.3, 0.4) is 0 Å². The number of carbonyl (C=O) groups excluding carboxylic acids is 1. The first-order valence-corrected chi connectivity index (χ1v) is 6.09. The summed E-state index contributed by atoms with van der Waals surface area (Å²) in [6, 6.07) is 0. The highest BCUT2D eigenvalue weighted by Gasteiger charge is 2.28. The molecule has 0 saturated carbocycles. The first-order chi connectivity index (χ1) is 7.65. The summed E-state index contributed by atoms with van der Waals surface area (Å²) < 4.78 is 34.7. The molecular weight excluding hydrogens is 288 g/mol. The highest BCUT2D eigenvalue weighted by atomic mass is 79.9. The minimum Gasteiger partial charge on any atom is -0.376 e. The number of carbonyl (C=O) groups is 1. The van der Waals surface area contributed by atoms with E-state index in [-0.39, 0.29) is 13.2 Å². The lowest BCUT2D eigenvalue weighted by Gasteiger charge is -2.28. The third kappa shape index (κ3) is 4.31. The maximum atomic E-state index is 12.3. The van der Waals surface area contributed by atoms with Crippen molar-refractivity contribution < 1.29 is 23.0 Å². The van der Waals surface area contributed by atoms with Crippen LogP contribution in [0, 0.1) is 0 Å². The van der Waals surface area contributed by atoms with E-state index >= 15 is 0 Å². The molecular formula is C9H14BrF2NO3. The second kappa shape index (κ2) is 7.13. The number of amides is 1. The number of alkyl halides is 3. The van der Waals surface area contributed by atoms with Crippen LogP contribution in [0.2, 0.25) is 0 Å². The Bertz CT molecular complexity index is 225. The maximum Gasteiger partial charge on any atom is 0.255 e. The average molecular weight is 302 g/mol. The van der Waals surface area contributed by atoms with Crippen molar-refractivity contribution in [3.8, 4) is 0 Å². The second-order valence-electron chi connectivity index (χ2n) is 3.30. The minimum absolute atomic E-state index is 0.140. The molecule has 1 heterocycles. The molecule has 0 N–H and O–H groups in total. The van der Waals surface area contributed by atoms with Crippen LogP contribution in [0.5, 0.6) is 0 Å². The smallest absolute Gasteiger partial charge is 0.255 e. The molecule has 94 valence electrons. The van der Waals surface area contributed by atoms with Crippen LogP contribution in [0.1, 0.15) is 0 Å². The fourth-order valence-electron chi connectivity index (χ4n) is 1.39. The monoisotopic (exact) mass is 301 g/mol. The molecule has 0 aliphatic carbocycles. The second-order valence-corrected chi connectivity index (χ2v) is 4.09. The van der Waals surface area contributed by atoms with Gasteiger partial charge in [0.1, 0.15) is 0 Å². The van der Waals surface area contributed by atoms with Crippen molar-refractivity contribution in [2.45, 2.75) is 12.5 Å². The Hall–Kier alpha value is -0.270. The summed E-state index contributed by atoms with van der Waals surface area (Å²) in [5, 5.41) is 0.457. The zero-order valence-corrected chi connectivity index (χ0v) is 10.3. The third-order valence-corrected chi connectivity index (χ3v) is 2.47. The zero-order chi connectivity index (χ0) is 12.0. The minimum atomic E-state index is -2.53. The van der Waals surface area contributed by atoms with Gasteiger partial charge in [-0.3, -0.25) is 4.79 Å². The average Bonchev–Trinajstić information content (AvgIpc) is 2.28. The molecule has 1 aliphatic rings. The molecule has 0 bridgehead atoms. The Kier molecular flexibility index (Phi) is 6.15. The highest BCUT2D eigenvalue weighted by molar-refractivity contribution is 9.09. The van der Waals surface area contributed by atoms with Gasteiger partial charge in [-0.15, -0.1) is 0 Å². The van der Waals surface area contributed by atoms with E-state index in [0.717, 1.165) is 4.90 Å². The van der Waals surface area contributed by atoms with Crippen molar-refractivity contribution in [3.05, 3.63) is 0 Å². The van der Waals surface area contributed by atoms with Crippen molar-refractivity contribution in [1.82, 2.24) is 4.90 Å². The van der Waals surface area contributed by atoms with Gasteiger partial charge in [0.15, 0.2) is 6.10 Å². The molecule has 4 nitrogen and oxygen atoms in total. The Balaban J connectivity index is 2.50. The number of nitrogens with zero attached hydrogens (tertiary/aromatic N) is 1. The standard InChI is InChI=1S/C9H14BrF2NO3/c10-1-2-13(5-8(11)12)9(14)7-6-15-3-4-16-7/h7-8H,1-6H2. The van der Waals surface area contributed by atoms with Crippen LogP contribution in [0.25, 0.3) is 0 Å². The van der Waals surface area contributed by atoms with E-state index in [4.69, 9.17) is 9.47 Å². The summed E-state index contributed by atoms with van der Waals surface area (Å²) >= 11 is 3.12. The summed E-state index contributed by atoms with van der Waals surface area (Å²) in [6.07, 6.45) is -3.28. The zero-order valence-electron chi connectivity index (χ0n) is 8.70. The van der Waals surface area contributed by atoms with Crippen LogP contribution in [0.15, 0.2) is 0 Å². The molecule has 0 aromatic carbocycles. The topological polar surface area (TPSA) is 38.8 Å². The molecule has 1 unspecified atom stereocenters. The van der Waals surface area contributed by atoms with Gasteiger partial charge >= 0.3 is 0 Å². The first kappa shape index (κ1) is 13.8. The van der Waals surface area contributed by atoms with Crippen LogP contribution in [-0.4, -0.2) is 61.6 Å². The molecule has 0 spiro atoms. The lowest BCUT2D eigenvalue weighted by atomic mass is 10.3. The summed E-state index contributed by atoms with van der Waals surface area (Å²) in [7, 11) is 0. The lowest BCUT2D eigenvalue weighted by molar-refractivity contribution is -0.159. The van der Waals surface area contributed by atoms with E-state index in [1.165, 1.54) is 0 Å². The summed E-state index contributed by atoms with van der Waals surface area (Å²) in [5.74, 6) is -0.431. The van der Waals surface area contributed by atoms with Gasteiger partial charge < -0.3 is 14.4 Å². The number of rotatable bonds is 5. The van der Waals surface area contributed by atoms with Gasteiger partial charge in [0.05, 0.1) is 26.4 Å². The van der Waals surface area contributed by atoms with E-state index in [9.17, 15) is 13.6 Å². The van der Waals surface area contributed by atoms with Crippen LogP contribution in [-0.2, 0) is 14.3 Å². The van der Waals surface area contributed by atoms with Gasteiger partial charge in [-0.2, -0.15) is 0 Å². The Morgan fingerprint density at radius 1 is 1.50 bits per heavy atom. The van der Waals surface area contributed by atoms with Crippen LogP contribution in [0.4, 0.5) is 8.78 Å². The molecule has 1 amide bonds. The van der Waals surface area contributed by atoms with Gasteiger partial charge in [-0.1, -0.05) is 15.9 Å². The molecule has 0 radical (unpaired) electrons. The summed E-state index contributed by atoms with van der Waals surface area (Å²) in [5.41, 5.74) is 0. The van der Waals surface area contributed by atoms with E-state index in [1.807, 2.05) is 0 Å². The SMILES string of the molecule is O=C(C1COCCO1)N(CCBr)CC(F)F. The largest absolute Gasteiger partial charge is 0.376 e. The molecule has 1 aliphatic heterocycles. The van der Waals surface area contributed by atoms with E-state index in [1.54, 1.807) is 0 Å². The molecule has 1 atom stereocenters. The first-order valence-electron chi connectivity index (χ1n) is 4.97. The van der Waals surface area contributed by atoms with E-state index < -0.39 is 25.0 Å². The number of hydrogen-bond donors (Lipinski definition) is 0. The summed E-state index contributed by atoms with van der Waals surface area (Å²) in [6.45, 7) is 0.582. The van der Waals surface area contributed by atoms with Crippen LogP contribution >= 0.6 is 15.9 Å². The number of halogens is 3. The molecule has 0 aromatic heterocycles. The molecule has 7 heteroatoms. The normalized spacial score (nSPS) is 21.1. The predicted molar refractivity (Wildman–Crippen MR) is 56.9 cm³/mol. The van der Waals surface area contributed by atoms with E-state index in [2.05, 4.69) is 15.9 Å². The fourth-order valence-corrected chi connectivity index (χ4v) is 1.82. The van der Waals surface area contributed by atoms with Crippen molar-refractivity contribution >= 4 is 21.8 Å². The highest BCUT2D eigenvalue weighted by Crippen LogP contribution is 2.08. The van der Waals surface area contributed by atoms with Crippen molar-refractivity contribution in [1.29, 1.82) is 0 Å². The molecule has 1 saturated heterocycles. The lowest BCUT2D eigenvalue weighted by Crippen LogP contribution is -2.47. The molecule has 1 rings (SSSR count). The number of ether oxygens (including phenoxy) is 2. The van der Waals surface area contributed by atoms with Gasteiger partial charge in [0.2, 0.25) is 0 Å². The Morgan fingerprint density at radius 3 is 2.75 bits per heavy atom. The van der Waals surface area contributed by atoms with Gasteiger partial charge in [0, 0.05) is 11.9 Å². The Labute approximate surface area is 101 Å². The maximum absolute atomic E-state index is 12.3. The van der Waals surface area contributed by atoms with Crippen molar-refractivity contribution in [3.63, 3.8) is 0 Å². The quantitative estimate of drug-likeness (QED) is 0.708. The Morgan fingerprint density at radius 2 is 2.25 bits per heavy atom. The van der Waals surface area contributed by atoms with Crippen molar-refractivity contribution in [2.75, 3.05) is 38.2 Å². The molecule has 16 heavy (non-hydrogen) atoms. The molecule has 1 fully saturated rings. The van der Waals surface area contributed by atoms with Gasteiger partial charge in [-0.05, 0) is 0 Å². The number of hydrogen-bond acceptors (Lipinski definition) is 3. The van der Waals surface area contributed by atoms with E-state index in [0.29, 0.717) is 18.5 Å².